The molecule has 4 rings (SSSR count). The summed E-state index contributed by atoms with van der Waals surface area (Å²) < 4.78 is 37.4. The van der Waals surface area contributed by atoms with Gasteiger partial charge in [0.2, 0.25) is 0 Å². The van der Waals surface area contributed by atoms with Gasteiger partial charge in [-0.2, -0.15) is 0 Å². The van der Waals surface area contributed by atoms with Gasteiger partial charge in [0.25, 0.3) is 0 Å². The average Bonchev–Trinajstić information content (AvgIpc) is 3.18. The summed E-state index contributed by atoms with van der Waals surface area (Å²) in [5.74, 6) is -2.64. The Kier molecular flexibility index (Phi) is 8.22. The van der Waals surface area contributed by atoms with Crippen molar-refractivity contribution in [3.8, 4) is 11.1 Å². The second kappa shape index (κ2) is 11.1. The Morgan fingerprint density at radius 1 is 1.10 bits per heavy atom. The van der Waals surface area contributed by atoms with Crippen LogP contribution in [0.15, 0.2) is 50.0 Å². The highest BCUT2D eigenvalue weighted by atomic mass is 19.1. The van der Waals surface area contributed by atoms with E-state index in [1.165, 1.54) is 6.07 Å². The third-order valence-electron chi connectivity index (χ3n) is 7.23. The number of carboxylic acid groups (broad SMARTS) is 1. The van der Waals surface area contributed by atoms with Gasteiger partial charge in [-0.15, -0.1) is 0 Å². The molecule has 220 valence electrons. The zero-order valence-corrected chi connectivity index (χ0v) is 25.0. The Morgan fingerprint density at radius 3 is 2.44 bits per heavy atom. The molecule has 1 fully saturated rings. The minimum absolute atomic E-state index is 0.0262. The number of benzene rings is 2. The lowest BCUT2D eigenvalue weighted by molar-refractivity contribution is -0.326. The van der Waals surface area contributed by atoms with E-state index >= 15 is 0 Å². The number of rotatable bonds is 7. The van der Waals surface area contributed by atoms with Gasteiger partial charge >= 0.3 is 11.8 Å². The fourth-order valence-electron chi connectivity index (χ4n) is 5.76. The fourth-order valence-corrected chi connectivity index (χ4v) is 5.76. The largest absolute Gasteiger partial charge is 0.519 e. The highest BCUT2D eigenvalue weighted by Crippen LogP contribution is 2.41. The number of halogens is 1. The van der Waals surface area contributed by atoms with Crippen LogP contribution in [0.2, 0.25) is 0 Å². The SMILES string of the molecule is Cc1cc(C)c(C=C[C@@H]2C[C@](CC(=O)O)(Cc3oc(=O)oc3C(C)(C)C)OC(C)(C)O2)c(-c2ccc(F)c(C)c2)c1. The molecule has 2 atom stereocenters. The van der Waals surface area contributed by atoms with Crippen LogP contribution >= 0.6 is 0 Å². The van der Waals surface area contributed by atoms with E-state index in [0.29, 0.717) is 11.3 Å². The molecule has 7 nitrogen and oxygen atoms in total. The number of aryl methyl sites for hydroxylation is 3. The zero-order chi connectivity index (χ0) is 30.3. The first-order chi connectivity index (χ1) is 19.0. The standard InChI is InChI=1S/C33H39FO7/c1-19-13-20(2)24(25(14-19)22-9-12-26(34)21(3)15-22)11-10-23-16-33(18-28(35)36,41-32(7,8)40-23)17-27-29(31(4,5)6)39-30(37)38-27/h9-15,23H,16-18H2,1-8H3,(H,35,36)/t23-,33-/m1/s1. The van der Waals surface area contributed by atoms with Crippen LogP contribution in [-0.2, 0) is 26.1 Å². The predicted octanol–water partition coefficient (Wildman–Crippen LogP) is 7.27. The van der Waals surface area contributed by atoms with Crippen LogP contribution in [0.25, 0.3) is 17.2 Å². The number of hydrogen-bond donors (Lipinski definition) is 1. The summed E-state index contributed by atoms with van der Waals surface area (Å²) in [7, 11) is 0. The highest BCUT2D eigenvalue weighted by molar-refractivity contribution is 5.78. The molecule has 0 amide bonds. The van der Waals surface area contributed by atoms with Gasteiger partial charge in [0, 0.05) is 18.3 Å². The second-order valence-corrected chi connectivity index (χ2v) is 12.6. The average molecular weight is 567 g/mol. The van der Waals surface area contributed by atoms with E-state index in [1.807, 2.05) is 52.8 Å². The van der Waals surface area contributed by atoms with Crippen LogP contribution in [0.3, 0.4) is 0 Å². The maximum absolute atomic E-state index is 14.0. The molecule has 1 aliphatic rings. The van der Waals surface area contributed by atoms with Crippen molar-refractivity contribution in [3.63, 3.8) is 0 Å². The van der Waals surface area contributed by atoms with E-state index in [1.54, 1.807) is 26.8 Å². The minimum atomic E-state index is -1.23. The summed E-state index contributed by atoms with van der Waals surface area (Å²) in [5.41, 5.74) is 3.71. The summed E-state index contributed by atoms with van der Waals surface area (Å²) in [6.07, 6.45) is 3.27. The van der Waals surface area contributed by atoms with Gasteiger partial charge in [0.05, 0.1) is 18.1 Å². The third kappa shape index (κ3) is 7.05. The number of carbonyl (C=O) groups is 1. The first-order valence-electron chi connectivity index (χ1n) is 13.8. The van der Waals surface area contributed by atoms with E-state index in [0.717, 1.165) is 27.8 Å². The number of carboxylic acids is 1. The van der Waals surface area contributed by atoms with Crippen molar-refractivity contribution in [2.45, 2.75) is 97.6 Å². The van der Waals surface area contributed by atoms with Gasteiger partial charge in [-0.1, -0.05) is 56.7 Å². The second-order valence-electron chi connectivity index (χ2n) is 12.6. The van der Waals surface area contributed by atoms with Gasteiger partial charge in [-0.25, -0.2) is 9.18 Å². The highest BCUT2D eigenvalue weighted by Gasteiger charge is 2.48. The summed E-state index contributed by atoms with van der Waals surface area (Å²) in [6.45, 7) is 14.9. The Bertz CT molecular complexity index is 1540. The number of hydrogen-bond acceptors (Lipinski definition) is 6. The molecule has 2 heterocycles. The molecular formula is C33H39FO7. The molecule has 1 aliphatic heterocycles. The first-order valence-corrected chi connectivity index (χ1v) is 13.8. The molecule has 0 aliphatic carbocycles. The monoisotopic (exact) mass is 566 g/mol. The Morgan fingerprint density at radius 2 is 1.80 bits per heavy atom. The van der Waals surface area contributed by atoms with E-state index in [2.05, 4.69) is 12.1 Å². The third-order valence-corrected chi connectivity index (χ3v) is 7.23. The van der Waals surface area contributed by atoms with Gasteiger partial charge in [-0.05, 0) is 74.6 Å². The van der Waals surface area contributed by atoms with Crippen molar-refractivity contribution in [1.29, 1.82) is 0 Å². The van der Waals surface area contributed by atoms with Crippen molar-refractivity contribution in [2.75, 3.05) is 0 Å². The lowest BCUT2D eigenvalue weighted by atomic mass is 9.82. The van der Waals surface area contributed by atoms with Crippen molar-refractivity contribution >= 4 is 12.0 Å². The predicted molar refractivity (Wildman–Crippen MR) is 154 cm³/mol. The topological polar surface area (TPSA) is 99.1 Å². The van der Waals surface area contributed by atoms with Crippen molar-refractivity contribution < 1.29 is 32.6 Å². The summed E-state index contributed by atoms with van der Waals surface area (Å²) in [6, 6.07) is 9.22. The van der Waals surface area contributed by atoms with Crippen molar-refractivity contribution in [3.05, 3.63) is 86.6 Å². The minimum Gasteiger partial charge on any atom is -0.481 e. The molecule has 0 unspecified atom stereocenters. The smallest absolute Gasteiger partial charge is 0.481 e. The van der Waals surface area contributed by atoms with Crippen LogP contribution in [0.1, 0.15) is 81.2 Å². The molecule has 0 saturated carbocycles. The molecule has 0 bridgehead atoms. The van der Waals surface area contributed by atoms with Gasteiger partial charge in [0.15, 0.2) is 17.3 Å². The van der Waals surface area contributed by atoms with Crippen LogP contribution in [-0.4, -0.2) is 28.6 Å². The molecule has 3 aromatic rings. The molecule has 1 N–H and O–H groups in total. The fraction of sp³-hybridized carbons (Fsp3) is 0.455. The molecule has 41 heavy (non-hydrogen) atoms. The maximum atomic E-state index is 14.0. The molecule has 0 radical (unpaired) electrons. The Labute approximate surface area is 240 Å². The molecule has 2 aromatic carbocycles. The lowest BCUT2D eigenvalue weighted by Crippen LogP contribution is -2.54. The van der Waals surface area contributed by atoms with E-state index in [4.69, 9.17) is 18.3 Å². The molecule has 0 spiro atoms. The number of aliphatic carboxylic acids is 1. The zero-order valence-electron chi connectivity index (χ0n) is 25.0. The van der Waals surface area contributed by atoms with E-state index in [9.17, 15) is 19.1 Å². The lowest BCUT2D eigenvalue weighted by Gasteiger charge is -2.47. The number of ether oxygens (including phenoxy) is 2. The molecule has 1 aromatic heterocycles. The van der Waals surface area contributed by atoms with Crippen molar-refractivity contribution in [2.24, 2.45) is 0 Å². The van der Waals surface area contributed by atoms with Crippen molar-refractivity contribution in [1.82, 2.24) is 0 Å². The first kappa shape index (κ1) is 30.5. The van der Waals surface area contributed by atoms with Gasteiger partial charge in [0.1, 0.15) is 5.82 Å². The van der Waals surface area contributed by atoms with E-state index < -0.39 is 34.7 Å². The summed E-state index contributed by atoms with van der Waals surface area (Å²) in [4.78, 5) is 24.2. The van der Waals surface area contributed by atoms with Gasteiger partial charge < -0.3 is 23.4 Å². The Balaban J connectivity index is 1.74. The van der Waals surface area contributed by atoms with Gasteiger partial charge in [-0.3, -0.25) is 4.79 Å². The summed E-state index contributed by atoms with van der Waals surface area (Å²) in [5, 5.41) is 9.89. The molecule has 1 saturated heterocycles. The normalized spacial score (nSPS) is 21.0. The van der Waals surface area contributed by atoms with Crippen LogP contribution in [0.4, 0.5) is 4.39 Å². The Hall–Kier alpha value is -3.49. The quantitative estimate of drug-likeness (QED) is 0.321. The van der Waals surface area contributed by atoms with E-state index in [-0.39, 0.29) is 30.8 Å². The molecular weight excluding hydrogens is 527 g/mol. The van der Waals surface area contributed by atoms with Crippen LogP contribution < -0.4 is 5.82 Å². The molecule has 8 heteroatoms. The van der Waals surface area contributed by atoms with Crippen LogP contribution in [0, 0.1) is 26.6 Å². The maximum Gasteiger partial charge on any atom is 0.519 e. The van der Waals surface area contributed by atoms with Crippen LogP contribution in [0.5, 0.6) is 0 Å². The summed E-state index contributed by atoms with van der Waals surface area (Å²) >= 11 is 0.